The van der Waals surface area contributed by atoms with Gasteiger partial charge in [-0.3, -0.25) is 4.90 Å². The van der Waals surface area contributed by atoms with E-state index in [-0.39, 0.29) is 5.54 Å². The first-order valence-corrected chi connectivity index (χ1v) is 9.62. The van der Waals surface area contributed by atoms with Gasteiger partial charge in [-0.15, -0.1) is 0 Å². The standard InChI is InChI=1S/C18H30N2S/c1-4-17-14-19-18(2,16-10-6-5-7-11-16)15-20(17)12-8-9-13-21-3/h5-7,10-11,17,19H,4,8-9,12-15H2,1-3H3. The third kappa shape index (κ3) is 4.48. The largest absolute Gasteiger partial charge is 0.305 e. The monoisotopic (exact) mass is 306 g/mol. The normalized spacial score (nSPS) is 26.9. The molecule has 3 heteroatoms. The number of hydrogen-bond donors (Lipinski definition) is 1. The summed E-state index contributed by atoms with van der Waals surface area (Å²) in [5.74, 6) is 1.29. The number of nitrogens with one attached hydrogen (secondary N) is 1. The molecule has 21 heavy (non-hydrogen) atoms. The van der Waals surface area contributed by atoms with Crippen LogP contribution in [0, 0.1) is 0 Å². The molecule has 0 saturated carbocycles. The Hall–Kier alpha value is -0.510. The van der Waals surface area contributed by atoms with Crippen LogP contribution in [0.4, 0.5) is 0 Å². The van der Waals surface area contributed by atoms with Crippen molar-refractivity contribution in [1.29, 1.82) is 0 Å². The van der Waals surface area contributed by atoms with Crippen molar-refractivity contribution in [3.63, 3.8) is 0 Å². The van der Waals surface area contributed by atoms with E-state index in [4.69, 9.17) is 0 Å². The van der Waals surface area contributed by atoms with Crippen molar-refractivity contribution in [2.24, 2.45) is 0 Å². The predicted molar refractivity (Wildman–Crippen MR) is 95.1 cm³/mol. The van der Waals surface area contributed by atoms with Gasteiger partial charge >= 0.3 is 0 Å². The first kappa shape index (κ1) is 16.9. The Labute approximate surface area is 134 Å². The topological polar surface area (TPSA) is 15.3 Å². The van der Waals surface area contributed by atoms with Gasteiger partial charge in [0.25, 0.3) is 0 Å². The van der Waals surface area contributed by atoms with E-state index in [2.05, 4.69) is 60.7 Å². The van der Waals surface area contributed by atoms with Gasteiger partial charge in [-0.1, -0.05) is 37.3 Å². The number of piperazine rings is 1. The smallest absolute Gasteiger partial charge is 0.0535 e. The van der Waals surface area contributed by atoms with Gasteiger partial charge in [0.2, 0.25) is 0 Å². The van der Waals surface area contributed by atoms with E-state index in [0.717, 1.165) is 13.1 Å². The van der Waals surface area contributed by atoms with Gasteiger partial charge in [-0.25, -0.2) is 0 Å². The number of unbranched alkanes of at least 4 members (excludes halogenated alkanes) is 1. The Morgan fingerprint density at radius 2 is 2.05 bits per heavy atom. The maximum absolute atomic E-state index is 3.80. The van der Waals surface area contributed by atoms with Crippen molar-refractivity contribution in [3.05, 3.63) is 35.9 Å². The van der Waals surface area contributed by atoms with Gasteiger partial charge < -0.3 is 5.32 Å². The number of rotatable bonds is 7. The summed E-state index contributed by atoms with van der Waals surface area (Å²) in [6, 6.07) is 11.6. The third-order valence-electron chi connectivity index (χ3n) is 4.69. The molecule has 1 aliphatic rings. The number of hydrogen-bond acceptors (Lipinski definition) is 3. The van der Waals surface area contributed by atoms with Crippen LogP contribution in [0.2, 0.25) is 0 Å². The average molecular weight is 307 g/mol. The quantitative estimate of drug-likeness (QED) is 0.773. The van der Waals surface area contributed by atoms with Crippen molar-refractivity contribution >= 4 is 11.8 Å². The van der Waals surface area contributed by atoms with Gasteiger partial charge in [-0.2, -0.15) is 11.8 Å². The molecule has 0 amide bonds. The highest BCUT2D eigenvalue weighted by atomic mass is 32.2. The fourth-order valence-electron chi connectivity index (χ4n) is 3.29. The van der Waals surface area contributed by atoms with E-state index in [1.807, 2.05) is 11.8 Å². The number of benzene rings is 1. The van der Waals surface area contributed by atoms with Gasteiger partial charge in [-0.05, 0) is 50.3 Å². The summed E-state index contributed by atoms with van der Waals surface area (Å²) in [5.41, 5.74) is 1.50. The number of thioether (sulfide) groups is 1. The van der Waals surface area contributed by atoms with Crippen LogP contribution in [-0.4, -0.2) is 42.6 Å². The highest BCUT2D eigenvalue weighted by Crippen LogP contribution is 2.27. The molecule has 1 heterocycles. The summed E-state index contributed by atoms with van der Waals surface area (Å²) >= 11 is 1.96. The minimum atomic E-state index is 0.0897. The van der Waals surface area contributed by atoms with Crippen molar-refractivity contribution in [3.8, 4) is 0 Å². The lowest BCUT2D eigenvalue weighted by Crippen LogP contribution is -2.61. The van der Waals surface area contributed by atoms with Crippen molar-refractivity contribution < 1.29 is 0 Å². The van der Waals surface area contributed by atoms with Crippen LogP contribution in [0.1, 0.15) is 38.7 Å². The molecule has 0 aromatic heterocycles. The van der Waals surface area contributed by atoms with Crippen molar-refractivity contribution in [2.45, 2.75) is 44.7 Å². The zero-order valence-corrected chi connectivity index (χ0v) is 14.6. The zero-order chi connectivity index (χ0) is 15.1. The summed E-state index contributed by atoms with van der Waals surface area (Å²) in [6.07, 6.45) is 6.10. The van der Waals surface area contributed by atoms with E-state index >= 15 is 0 Å². The molecule has 1 saturated heterocycles. The molecule has 1 aromatic carbocycles. The lowest BCUT2D eigenvalue weighted by molar-refractivity contribution is 0.0820. The van der Waals surface area contributed by atoms with E-state index < -0.39 is 0 Å². The van der Waals surface area contributed by atoms with Crippen LogP contribution in [0.3, 0.4) is 0 Å². The Morgan fingerprint density at radius 3 is 2.71 bits per heavy atom. The molecule has 1 aliphatic heterocycles. The Morgan fingerprint density at radius 1 is 1.29 bits per heavy atom. The molecule has 1 aromatic rings. The number of nitrogens with zero attached hydrogens (tertiary/aromatic N) is 1. The molecule has 0 radical (unpaired) electrons. The van der Waals surface area contributed by atoms with Gasteiger partial charge in [0.05, 0.1) is 5.54 Å². The Kier molecular flexibility index (Phi) is 6.59. The lowest BCUT2D eigenvalue weighted by Gasteiger charge is -2.46. The highest BCUT2D eigenvalue weighted by molar-refractivity contribution is 7.98. The summed E-state index contributed by atoms with van der Waals surface area (Å²) < 4.78 is 0. The van der Waals surface area contributed by atoms with Crippen LogP contribution >= 0.6 is 11.8 Å². The molecule has 118 valence electrons. The first-order valence-electron chi connectivity index (χ1n) is 8.23. The second-order valence-corrected chi connectivity index (χ2v) is 7.30. The van der Waals surface area contributed by atoms with Crippen LogP contribution in [-0.2, 0) is 5.54 Å². The maximum atomic E-state index is 3.80. The van der Waals surface area contributed by atoms with E-state index in [1.54, 1.807) is 0 Å². The van der Waals surface area contributed by atoms with Gasteiger partial charge in [0.1, 0.15) is 0 Å². The van der Waals surface area contributed by atoms with Gasteiger partial charge in [0, 0.05) is 19.1 Å². The second kappa shape index (κ2) is 8.21. The second-order valence-electron chi connectivity index (χ2n) is 6.31. The molecule has 0 aliphatic carbocycles. The SMILES string of the molecule is CCC1CNC(C)(c2ccccc2)CN1CCCCSC. The fraction of sp³-hybridized carbons (Fsp3) is 0.667. The molecule has 0 bridgehead atoms. The molecule has 2 atom stereocenters. The Balaban J connectivity index is 2.00. The molecule has 1 fully saturated rings. The lowest BCUT2D eigenvalue weighted by atomic mass is 9.87. The maximum Gasteiger partial charge on any atom is 0.0535 e. The van der Waals surface area contributed by atoms with Crippen LogP contribution < -0.4 is 5.32 Å². The average Bonchev–Trinajstić information content (AvgIpc) is 2.53. The summed E-state index contributed by atoms with van der Waals surface area (Å²) in [7, 11) is 0. The molecule has 1 N–H and O–H groups in total. The van der Waals surface area contributed by atoms with E-state index in [0.29, 0.717) is 6.04 Å². The molecule has 0 spiro atoms. The predicted octanol–water partition coefficient (Wildman–Crippen LogP) is 3.73. The highest BCUT2D eigenvalue weighted by Gasteiger charge is 2.35. The van der Waals surface area contributed by atoms with Crippen molar-refractivity contribution in [1.82, 2.24) is 10.2 Å². The minimum absolute atomic E-state index is 0.0897. The van der Waals surface area contributed by atoms with Gasteiger partial charge in [0.15, 0.2) is 0 Å². The van der Waals surface area contributed by atoms with Crippen LogP contribution in [0.5, 0.6) is 0 Å². The third-order valence-corrected chi connectivity index (χ3v) is 5.39. The molecular weight excluding hydrogens is 276 g/mol. The fourth-order valence-corrected chi connectivity index (χ4v) is 3.78. The van der Waals surface area contributed by atoms with Crippen molar-refractivity contribution in [2.75, 3.05) is 31.6 Å². The van der Waals surface area contributed by atoms with E-state index in [1.165, 1.54) is 37.1 Å². The summed E-state index contributed by atoms with van der Waals surface area (Å²) in [5, 5.41) is 3.80. The minimum Gasteiger partial charge on any atom is -0.305 e. The van der Waals surface area contributed by atoms with Crippen LogP contribution in [0.15, 0.2) is 30.3 Å². The summed E-state index contributed by atoms with van der Waals surface area (Å²) in [4.78, 5) is 2.71. The summed E-state index contributed by atoms with van der Waals surface area (Å²) in [6.45, 7) is 8.12. The van der Waals surface area contributed by atoms with Crippen LogP contribution in [0.25, 0.3) is 0 Å². The Bertz CT molecular complexity index is 409. The molecule has 2 unspecified atom stereocenters. The zero-order valence-electron chi connectivity index (χ0n) is 13.8. The first-order chi connectivity index (χ1) is 10.2. The molecule has 2 rings (SSSR count). The van der Waals surface area contributed by atoms with E-state index in [9.17, 15) is 0 Å². The molecular formula is C18H30N2S. The molecule has 2 nitrogen and oxygen atoms in total.